The number of amides is 1. The van der Waals surface area contributed by atoms with Crippen LogP contribution in [0.2, 0.25) is 6.82 Å². The van der Waals surface area contributed by atoms with Crippen molar-refractivity contribution in [3.8, 4) is 5.75 Å². The van der Waals surface area contributed by atoms with Crippen LogP contribution in [0.15, 0.2) is 18.2 Å². The third kappa shape index (κ3) is 5.87. The summed E-state index contributed by atoms with van der Waals surface area (Å²) in [6, 6.07) is 3.75. The minimum absolute atomic E-state index is 0.0489. The second-order valence-electron chi connectivity index (χ2n) is 7.92. The highest BCUT2D eigenvalue weighted by molar-refractivity contribution is 6.34. The van der Waals surface area contributed by atoms with Gasteiger partial charge in [0.15, 0.2) is 0 Å². The Morgan fingerprint density at radius 1 is 1.30 bits per heavy atom. The van der Waals surface area contributed by atoms with Gasteiger partial charge in [-0.2, -0.15) is 0 Å². The molecular weight excluding hydrogens is 352 g/mol. The van der Waals surface area contributed by atoms with Gasteiger partial charge in [-0.3, -0.25) is 0 Å². The van der Waals surface area contributed by atoms with Crippen molar-refractivity contribution in [2.24, 2.45) is 5.41 Å². The van der Waals surface area contributed by atoms with E-state index in [-0.39, 0.29) is 22.8 Å². The molecule has 0 aliphatic heterocycles. The molecule has 1 aromatic carbocycles. The standard InChI is InChI=1S/C19H27BFNO5/c1-18(2,3)27-17(24)22(20-4)11-19(8-9-19)12-26-15-7-6-13(21)10-14(15)16(23)25-5/h6-7,10,20H,8-9,11-12H2,1-5H3. The molecule has 1 aliphatic carbocycles. The predicted octanol–water partition coefficient (Wildman–Crippen LogP) is 3.41. The largest absolute Gasteiger partial charge is 0.492 e. The van der Waals surface area contributed by atoms with Crippen molar-refractivity contribution in [3.05, 3.63) is 29.6 Å². The summed E-state index contributed by atoms with van der Waals surface area (Å²) in [4.78, 5) is 25.8. The quantitative estimate of drug-likeness (QED) is 0.537. The molecule has 1 aromatic rings. The molecule has 0 atom stereocenters. The fourth-order valence-electron chi connectivity index (χ4n) is 2.69. The zero-order valence-corrected chi connectivity index (χ0v) is 16.6. The minimum Gasteiger partial charge on any atom is -0.492 e. The first-order valence-corrected chi connectivity index (χ1v) is 9.08. The second kappa shape index (κ2) is 8.19. The number of benzene rings is 1. The molecule has 0 heterocycles. The van der Waals surface area contributed by atoms with Gasteiger partial charge in [-0.25, -0.2) is 14.0 Å². The zero-order chi connectivity index (χ0) is 20.2. The van der Waals surface area contributed by atoms with Crippen LogP contribution in [0, 0.1) is 11.2 Å². The van der Waals surface area contributed by atoms with E-state index in [1.54, 1.807) is 4.81 Å². The first-order chi connectivity index (χ1) is 12.6. The summed E-state index contributed by atoms with van der Waals surface area (Å²) in [7, 11) is 1.76. The predicted molar refractivity (Wildman–Crippen MR) is 101 cm³/mol. The molecule has 1 saturated carbocycles. The Labute approximate surface area is 160 Å². The molecule has 27 heavy (non-hydrogen) atoms. The molecule has 148 valence electrons. The second-order valence-corrected chi connectivity index (χ2v) is 7.92. The molecule has 0 unspecified atom stereocenters. The lowest BCUT2D eigenvalue weighted by Crippen LogP contribution is -2.42. The number of halogens is 1. The molecule has 1 amide bonds. The van der Waals surface area contributed by atoms with Gasteiger partial charge in [0.2, 0.25) is 7.41 Å². The Hall–Kier alpha value is -2.25. The number of hydrogen-bond acceptors (Lipinski definition) is 5. The first-order valence-electron chi connectivity index (χ1n) is 9.08. The van der Waals surface area contributed by atoms with E-state index in [0.717, 1.165) is 18.9 Å². The van der Waals surface area contributed by atoms with E-state index < -0.39 is 17.4 Å². The van der Waals surface area contributed by atoms with Crippen LogP contribution in [0.3, 0.4) is 0 Å². The maximum atomic E-state index is 13.5. The zero-order valence-electron chi connectivity index (χ0n) is 16.6. The molecule has 1 fully saturated rings. The smallest absolute Gasteiger partial charge is 0.397 e. The van der Waals surface area contributed by atoms with E-state index >= 15 is 0 Å². The van der Waals surface area contributed by atoms with Crippen LogP contribution in [-0.2, 0) is 9.47 Å². The average molecular weight is 379 g/mol. The molecule has 0 radical (unpaired) electrons. The highest BCUT2D eigenvalue weighted by atomic mass is 19.1. The van der Waals surface area contributed by atoms with Crippen molar-refractivity contribution in [3.63, 3.8) is 0 Å². The Morgan fingerprint density at radius 3 is 2.48 bits per heavy atom. The van der Waals surface area contributed by atoms with E-state index in [9.17, 15) is 14.0 Å². The van der Waals surface area contributed by atoms with Gasteiger partial charge in [-0.1, -0.05) is 6.82 Å². The normalized spacial score (nSPS) is 14.9. The van der Waals surface area contributed by atoms with Crippen LogP contribution >= 0.6 is 0 Å². The topological polar surface area (TPSA) is 65.1 Å². The molecule has 0 aromatic heterocycles. The van der Waals surface area contributed by atoms with Crippen LogP contribution in [-0.4, -0.2) is 50.2 Å². The number of nitrogens with zero attached hydrogens (tertiary/aromatic N) is 1. The van der Waals surface area contributed by atoms with E-state index in [1.165, 1.54) is 19.2 Å². The highest BCUT2D eigenvalue weighted by Crippen LogP contribution is 2.46. The average Bonchev–Trinajstić information content (AvgIpc) is 3.36. The Kier molecular flexibility index (Phi) is 6.39. The molecule has 0 N–H and O–H groups in total. The lowest BCUT2D eigenvalue weighted by Gasteiger charge is -2.29. The summed E-state index contributed by atoms with van der Waals surface area (Å²) in [5.74, 6) is -0.918. The van der Waals surface area contributed by atoms with Crippen LogP contribution < -0.4 is 4.74 Å². The van der Waals surface area contributed by atoms with Gasteiger partial charge in [0.05, 0.1) is 13.7 Å². The van der Waals surface area contributed by atoms with Crippen LogP contribution in [0.1, 0.15) is 44.0 Å². The fraction of sp³-hybridized carbons (Fsp3) is 0.579. The van der Waals surface area contributed by atoms with E-state index in [1.807, 2.05) is 27.6 Å². The maximum absolute atomic E-state index is 13.5. The molecule has 0 spiro atoms. The van der Waals surface area contributed by atoms with Crippen molar-refractivity contribution in [1.82, 2.24) is 4.81 Å². The molecular formula is C19H27BFNO5. The third-order valence-corrected chi connectivity index (χ3v) is 4.40. The van der Waals surface area contributed by atoms with Crippen molar-refractivity contribution < 1.29 is 28.2 Å². The van der Waals surface area contributed by atoms with E-state index in [0.29, 0.717) is 20.6 Å². The number of hydrogen-bond donors (Lipinski definition) is 0. The summed E-state index contributed by atoms with van der Waals surface area (Å²) in [5, 5.41) is 0. The van der Waals surface area contributed by atoms with Gasteiger partial charge >= 0.3 is 12.1 Å². The number of carbonyl (C=O) groups is 2. The van der Waals surface area contributed by atoms with Crippen molar-refractivity contribution in [1.29, 1.82) is 0 Å². The number of carbonyl (C=O) groups excluding carboxylic acids is 2. The molecule has 1 aliphatic rings. The summed E-state index contributed by atoms with van der Waals surface area (Å²) in [6.45, 7) is 8.22. The lowest BCUT2D eigenvalue weighted by atomic mass is 9.93. The third-order valence-electron chi connectivity index (χ3n) is 4.40. The molecule has 8 heteroatoms. The Morgan fingerprint density at radius 2 is 1.96 bits per heavy atom. The molecule has 0 saturated heterocycles. The summed E-state index contributed by atoms with van der Waals surface area (Å²) in [5.41, 5.74) is -0.691. The summed E-state index contributed by atoms with van der Waals surface area (Å²) >= 11 is 0. The van der Waals surface area contributed by atoms with Crippen LogP contribution in [0.4, 0.5) is 9.18 Å². The van der Waals surface area contributed by atoms with Gasteiger partial charge in [-0.15, -0.1) is 0 Å². The fourth-order valence-corrected chi connectivity index (χ4v) is 2.69. The monoisotopic (exact) mass is 379 g/mol. The lowest BCUT2D eigenvalue weighted by molar-refractivity contribution is 0.0348. The first kappa shape index (κ1) is 21.1. The van der Waals surface area contributed by atoms with Crippen LogP contribution in [0.25, 0.3) is 0 Å². The van der Waals surface area contributed by atoms with Gasteiger partial charge in [0.25, 0.3) is 0 Å². The summed E-state index contributed by atoms with van der Waals surface area (Å²) < 4.78 is 29.4. The number of ether oxygens (including phenoxy) is 3. The maximum Gasteiger partial charge on any atom is 0.397 e. The van der Waals surface area contributed by atoms with Gasteiger partial charge in [-0.05, 0) is 51.8 Å². The van der Waals surface area contributed by atoms with Crippen molar-refractivity contribution in [2.45, 2.75) is 46.0 Å². The number of rotatable bonds is 7. The number of methoxy groups -OCH3 is 1. The van der Waals surface area contributed by atoms with Crippen molar-refractivity contribution in [2.75, 3.05) is 20.3 Å². The van der Waals surface area contributed by atoms with Crippen molar-refractivity contribution >= 4 is 19.5 Å². The van der Waals surface area contributed by atoms with E-state index in [4.69, 9.17) is 9.47 Å². The Balaban J connectivity index is 2.03. The SMILES string of the molecule is CBN(CC1(COc2ccc(F)cc2C(=O)OC)CC1)C(=O)OC(C)(C)C. The number of esters is 1. The van der Waals surface area contributed by atoms with E-state index in [2.05, 4.69) is 4.74 Å². The highest BCUT2D eigenvalue weighted by Gasteiger charge is 2.46. The molecule has 6 nitrogen and oxygen atoms in total. The summed E-state index contributed by atoms with van der Waals surface area (Å²) in [6.07, 6.45) is 1.45. The van der Waals surface area contributed by atoms with Gasteiger partial charge < -0.3 is 19.0 Å². The minimum atomic E-state index is -0.654. The van der Waals surface area contributed by atoms with Gasteiger partial charge in [0, 0.05) is 12.0 Å². The Bertz CT molecular complexity index is 700. The molecule has 2 rings (SSSR count). The van der Waals surface area contributed by atoms with Gasteiger partial charge in [0.1, 0.15) is 22.7 Å². The molecule has 0 bridgehead atoms. The van der Waals surface area contributed by atoms with Crippen LogP contribution in [0.5, 0.6) is 5.75 Å².